The standard InChI is InChI=1S/C12H23NO2/c1-6-7-15-13-11(2,3)8-10(14)9-12(13,4)5/h6-9H2,1-5H3. The normalized spacial score (nSPS) is 25.5. The summed E-state index contributed by atoms with van der Waals surface area (Å²) in [6.45, 7) is 11.1. The van der Waals surface area contributed by atoms with Crippen molar-refractivity contribution in [2.24, 2.45) is 0 Å². The number of carbonyl (C=O) groups is 1. The van der Waals surface area contributed by atoms with Crippen molar-refractivity contribution in [2.45, 2.75) is 65.0 Å². The van der Waals surface area contributed by atoms with E-state index in [1.807, 2.05) is 5.06 Å². The van der Waals surface area contributed by atoms with Crippen molar-refractivity contribution >= 4 is 5.78 Å². The fraction of sp³-hybridized carbons (Fsp3) is 0.917. The van der Waals surface area contributed by atoms with Gasteiger partial charge in [-0.3, -0.25) is 9.63 Å². The summed E-state index contributed by atoms with van der Waals surface area (Å²) >= 11 is 0. The number of hydrogen-bond acceptors (Lipinski definition) is 3. The fourth-order valence-corrected chi connectivity index (χ4v) is 2.52. The van der Waals surface area contributed by atoms with Crippen LogP contribution in [0.5, 0.6) is 0 Å². The van der Waals surface area contributed by atoms with E-state index in [2.05, 4.69) is 34.6 Å². The Bertz CT molecular complexity index is 226. The Kier molecular flexibility index (Phi) is 3.56. The molecular weight excluding hydrogens is 190 g/mol. The molecule has 1 fully saturated rings. The van der Waals surface area contributed by atoms with Crippen LogP contribution in [0.4, 0.5) is 0 Å². The molecule has 0 amide bonds. The maximum atomic E-state index is 11.6. The average Bonchev–Trinajstić information content (AvgIpc) is 1.98. The Labute approximate surface area is 92.7 Å². The van der Waals surface area contributed by atoms with E-state index in [9.17, 15) is 4.79 Å². The molecule has 1 heterocycles. The van der Waals surface area contributed by atoms with Crippen molar-refractivity contribution in [3.63, 3.8) is 0 Å². The van der Waals surface area contributed by atoms with E-state index in [-0.39, 0.29) is 11.1 Å². The molecule has 0 bridgehead atoms. The SMILES string of the molecule is CCCON1C(C)(C)CC(=O)CC1(C)C. The van der Waals surface area contributed by atoms with E-state index in [1.54, 1.807) is 0 Å². The summed E-state index contributed by atoms with van der Waals surface area (Å²) in [7, 11) is 0. The van der Waals surface area contributed by atoms with Gasteiger partial charge in [0.2, 0.25) is 0 Å². The largest absolute Gasteiger partial charge is 0.300 e. The monoisotopic (exact) mass is 213 g/mol. The lowest BCUT2D eigenvalue weighted by atomic mass is 9.81. The third-order valence-electron chi connectivity index (χ3n) is 2.78. The minimum absolute atomic E-state index is 0.187. The van der Waals surface area contributed by atoms with Crippen LogP contribution in [0.25, 0.3) is 0 Å². The van der Waals surface area contributed by atoms with Gasteiger partial charge < -0.3 is 0 Å². The lowest BCUT2D eigenvalue weighted by Gasteiger charge is -2.50. The van der Waals surface area contributed by atoms with Gasteiger partial charge in [0.1, 0.15) is 5.78 Å². The van der Waals surface area contributed by atoms with E-state index in [4.69, 9.17) is 4.84 Å². The van der Waals surface area contributed by atoms with Crippen molar-refractivity contribution < 1.29 is 9.63 Å². The Morgan fingerprint density at radius 1 is 1.20 bits per heavy atom. The van der Waals surface area contributed by atoms with Crippen LogP contribution in [0.3, 0.4) is 0 Å². The third kappa shape index (κ3) is 2.79. The highest BCUT2D eigenvalue weighted by Crippen LogP contribution is 2.36. The molecule has 1 rings (SSSR count). The second-order valence-corrected chi connectivity index (χ2v) is 5.64. The molecule has 3 nitrogen and oxygen atoms in total. The molecule has 0 unspecified atom stereocenters. The number of ketones is 1. The molecule has 0 aliphatic carbocycles. The summed E-state index contributed by atoms with van der Waals surface area (Å²) in [6, 6.07) is 0. The molecule has 15 heavy (non-hydrogen) atoms. The molecule has 0 radical (unpaired) electrons. The maximum Gasteiger partial charge on any atom is 0.136 e. The molecule has 0 aromatic rings. The van der Waals surface area contributed by atoms with Crippen LogP contribution in [0, 0.1) is 0 Å². The average molecular weight is 213 g/mol. The summed E-state index contributed by atoms with van der Waals surface area (Å²) in [6.07, 6.45) is 2.16. The predicted octanol–water partition coefficient (Wildman–Crippen LogP) is 2.55. The van der Waals surface area contributed by atoms with Crippen LogP contribution in [-0.4, -0.2) is 28.5 Å². The number of hydrogen-bond donors (Lipinski definition) is 0. The van der Waals surface area contributed by atoms with E-state index < -0.39 is 0 Å². The van der Waals surface area contributed by atoms with Gasteiger partial charge in [-0.2, -0.15) is 5.06 Å². The third-order valence-corrected chi connectivity index (χ3v) is 2.78. The Morgan fingerprint density at radius 3 is 2.07 bits per heavy atom. The maximum absolute atomic E-state index is 11.6. The number of rotatable bonds is 3. The first-order valence-corrected chi connectivity index (χ1v) is 5.74. The number of hydroxylamine groups is 2. The molecule has 0 N–H and O–H groups in total. The summed E-state index contributed by atoms with van der Waals surface area (Å²) in [5.74, 6) is 0.335. The van der Waals surface area contributed by atoms with E-state index in [0.717, 1.165) is 13.0 Å². The zero-order valence-corrected chi connectivity index (χ0v) is 10.6. The smallest absolute Gasteiger partial charge is 0.136 e. The lowest BCUT2D eigenvalue weighted by Crippen LogP contribution is -2.60. The highest BCUT2D eigenvalue weighted by molar-refractivity contribution is 5.81. The topological polar surface area (TPSA) is 29.5 Å². The molecule has 0 atom stereocenters. The molecule has 0 spiro atoms. The van der Waals surface area contributed by atoms with Crippen molar-refractivity contribution in [1.82, 2.24) is 5.06 Å². The first-order valence-electron chi connectivity index (χ1n) is 5.74. The summed E-state index contributed by atoms with van der Waals surface area (Å²) in [5.41, 5.74) is -0.373. The van der Waals surface area contributed by atoms with Crippen LogP contribution in [0.15, 0.2) is 0 Å². The minimum Gasteiger partial charge on any atom is -0.300 e. The van der Waals surface area contributed by atoms with Crippen molar-refractivity contribution in [1.29, 1.82) is 0 Å². The van der Waals surface area contributed by atoms with Gasteiger partial charge in [0.15, 0.2) is 0 Å². The lowest BCUT2D eigenvalue weighted by molar-refractivity contribution is -0.274. The Morgan fingerprint density at radius 2 is 1.67 bits per heavy atom. The number of piperidine rings is 1. The quantitative estimate of drug-likeness (QED) is 0.721. The van der Waals surface area contributed by atoms with Gasteiger partial charge in [-0.1, -0.05) is 6.92 Å². The number of Topliss-reactive ketones (excluding diaryl/α,β-unsaturated/α-hetero) is 1. The number of nitrogens with zero attached hydrogens (tertiary/aromatic N) is 1. The van der Waals surface area contributed by atoms with Crippen molar-refractivity contribution in [3.05, 3.63) is 0 Å². The van der Waals surface area contributed by atoms with Gasteiger partial charge in [-0.25, -0.2) is 0 Å². The molecule has 88 valence electrons. The van der Waals surface area contributed by atoms with Crippen LogP contribution >= 0.6 is 0 Å². The van der Waals surface area contributed by atoms with Crippen molar-refractivity contribution in [3.8, 4) is 0 Å². The van der Waals surface area contributed by atoms with Crippen molar-refractivity contribution in [2.75, 3.05) is 6.61 Å². The predicted molar refractivity (Wildman–Crippen MR) is 60.5 cm³/mol. The zero-order chi connectivity index (χ0) is 11.7. The first-order chi connectivity index (χ1) is 6.79. The molecule has 1 aliphatic heterocycles. The van der Waals surface area contributed by atoms with Crippen LogP contribution < -0.4 is 0 Å². The van der Waals surface area contributed by atoms with Crippen LogP contribution in [0.2, 0.25) is 0 Å². The van der Waals surface area contributed by atoms with E-state index in [0.29, 0.717) is 18.6 Å². The van der Waals surface area contributed by atoms with Gasteiger partial charge in [0, 0.05) is 23.9 Å². The van der Waals surface area contributed by atoms with E-state index >= 15 is 0 Å². The highest BCUT2D eigenvalue weighted by Gasteiger charge is 2.45. The van der Waals surface area contributed by atoms with Gasteiger partial charge in [0.25, 0.3) is 0 Å². The molecule has 0 aromatic heterocycles. The zero-order valence-electron chi connectivity index (χ0n) is 10.6. The van der Waals surface area contributed by atoms with Gasteiger partial charge in [-0.05, 0) is 34.1 Å². The highest BCUT2D eigenvalue weighted by atomic mass is 16.7. The molecule has 1 saturated heterocycles. The molecule has 3 heteroatoms. The second kappa shape index (κ2) is 4.22. The van der Waals surface area contributed by atoms with Gasteiger partial charge in [0.05, 0.1) is 6.61 Å². The minimum atomic E-state index is -0.187. The van der Waals surface area contributed by atoms with Gasteiger partial charge in [-0.15, -0.1) is 0 Å². The summed E-state index contributed by atoms with van der Waals surface area (Å²) in [4.78, 5) is 17.4. The molecule has 1 aliphatic rings. The molecule has 0 aromatic carbocycles. The van der Waals surface area contributed by atoms with E-state index in [1.165, 1.54) is 0 Å². The second-order valence-electron chi connectivity index (χ2n) is 5.64. The fourth-order valence-electron chi connectivity index (χ4n) is 2.52. The summed E-state index contributed by atoms with van der Waals surface area (Å²) < 4.78 is 0. The molecular formula is C12H23NO2. The van der Waals surface area contributed by atoms with Crippen LogP contribution in [-0.2, 0) is 9.63 Å². The Hall–Kier alpha value is -0.410. The summed E-state index contributed by atoms with van der Waals surface area (Å²) in [5, 5.41) is 2.02. The number of carbonyl (C=O) groups excluding carboxylic acids is 1. The van der Waals surface area contributed by atoms with Gasteiger partial charge >= 0.3 is 0 Å². The Balaban J connectivity index is 2.82. The molecule has 0 saturated carbocycles. The van der Waals surface area contributed by atoms with Crippen LogP contribution in [0.1, 0.15) is 53.9 Å². The first kappa shape index (κ1) is 12.7.